The van der Waals surface area contributed by atoms with E-state index in [9.17, 15) is 0 Å². The van der Waals surface area contributed by atoms with E-state index in [1.807, 2.05) is 0 Å². The van der Waals surface area contributed by atoms with E-state index in [0.717, 1.165) is 17.1 Å². The van der Waals surface area contributed by atoms with Gasteiger partial charge in [-0.25, -0.2) is 0 Å². The molecule has 4 aliphatic rings. The van der Waals surface area contributed by atoms with Crippen LogP contribution in [-0.2, 0) is 16.2 Å². The highest BCUT2D eigenvalue weighted by molar-refractivity contribution is 5.98. The molecule has 1 heteroatoms. The first kappa shape index (κ1) is 43.1. The van der Waals surface area contributed by atoms with Crippen molar-refractivity contribution in [3.8, 4) is 55.6 Å². The fraction of sp³-hybridized carbons (Fsp3) is 0.0667. The number of hydrogen-bond donors (Lipinski definition) is 0. The van der Waals surface area contributed by atoms with Crippen LogP contribution >= 0.6 is 0 Å². The molecule has 0 amide bonds. The molecule has 356 valence electrons. The first-order chi connectivity index (χ1) is 37.4. The highest BCUT2D eigenvalue weighted by Gasteiger charge is 2.52. The van der Waals surface area contributed by atoms with E-state index >= 15 is 0 Å². The van der Waals surface area contributed by atoms with Crippen molar-refractivity contribution in [1.29, 1.82) is 0 Å². The van der Waals surface area contributed by atoms with E-state index in [2.05, 4.69) is 292 Å². The largest absolute Gasteiger partial charge is 0.310 e. The molecule has 0 unspecified atom stereocenters. The normalized spacial score (nSPS) is 14.8. The van der Waals surface area contributed by atoms with Crippen LogP contribution in [-0.4, -0.2) is 0 Å². The van der Waals surface area contributed by atoms with Crippen LogP contribution < -0.4 is 4.90 Å². The summed E-state index contributed by atoms with van der Waals surface area (Å²) in [6.07, 6.45) is 0. The molecule has 1 nitrogen and oxygen atoms in total. The Morgan fingerprint density at radius 3 is 1.09 bits per heavy atom. The minimum atomic E-state index is -0.554. The van der Waals surface area contributed by atoms with Crippen molar-refractivity contribution in [2.24, 2.45) is 0 Å². The van der Waals surface area contributed by atoms with Gasteiger partial charge in [0.2, 0.25) is 0 Å². The maximum absolute atomic E-state index is 2.56. The van der Waals surface area contributed by atoms with Gasteiger partial charge in [0, 0.05) is 22.5 Å². The number of nitrogens with zero attached hydrogens (tertiary/aromatic N) is 1. The Kier molecular flexibility index (Phi) is 9.00. The topological polar surface area (TPSA) is 3.24 Å². The number of hydrogen-bond acceptors (Lipinski definition) is 1. The van der Waals surface area contributed by atoms with E-state index in [0.29, 0.717) is 0 Å². The second-order valence-electron chi connectivity index (χ2n) is 21.9. The first-order valence-electron chi connectivity index (χ1n) is 26.8. The Labute approximate surface area is 444 Å². The van der Waals surface area contributed by atoms with Gasteiger partial charge in [-0.15, -0.1) is 0 Å². The minimum absolute atomic E-state index is 0.268. The van der Waals surface area contributed by atoms with Crippen molar-refractivity contribution in [3.63, 3.8) is 0 Å². The second kappa shape index (κ2) is 15.9. The standard InChI is InChI=1S/C75H51N/c1-73(2)69-44-51(50-34-33-48-19-9-10-20-49(48)43-50)35-39-61(69)62-40-36-54(45-70(62)73)76(55-37-41-63-59-27-11-15-29-65(59)74(71(63)46-55,52-21-5-3-6-22-52)53-23-7-4-8-24-53)56-38-42-64-60-28-14-18-32-68(60)75(72(64)47-56)66-30-16-12-25-57(66)58-26-13-17-31-67(58)75/h3-47H,1-2H3. The van der Waals surface area contributed by atoms with Crippen LogP contribution in [0.5, 0.6) is 0 Å². The summed E-state index contributed by atoms with van der Waals surface area (Å²) >= 11 is 0. The third-order valence-corrected chi connectivity index (χ3v) is 17.9. The predicted octanol–water partition coefficient (Wildman–Crippen LogP) is 19.0. The average Bonchev–Trinajstić information content (AvgIpc) is 4.15. The molecule has 4 aliphatic carbocycles. The van der Waals surface area contributed by atoms with Gasteiger partial charge in [0.25, 0.3) is 0 Å². The van der Waals surface area contributed by atoms with Crippen molar-refractivity contribution in [2.45, 2.75) is 30.1 Å². The molecule has 16 rings (SSSR count). The van der Waals surface area contributed by atoms with Crippen LogP contribution in [0.15, 0.2) is 273 Å². The van der Waals surface area contributed by atoms with Gasteiger partial charge in [0.1, 0.15) is 0 Å². The average molecular weight is 966 g/mol. The number of benzene rings is 12. The monoisotopic (exact) mass is 965 g/mol. The molecular formula is C75H51N. The zero-order valence-electron chi connectivity index (χ0n) is 42.4. The summed E-state index contributed by atoms with van der Waals surface area (Å²) in [7, 11) is 0. The van der Waals surface area contributed by atoms with E-state index in [-0.39, 0.29) is 5.41 Å². The summed E-state index contributed by atoms with van der Waals surface area (Å²) in [6.45, 7) is 4.84. The minimum Gasteiger partial charge on any atom is -0.310 e. The lowest BCUT2D eigenvalue weighted by Crippen LogP contribution is -2.28. The molecule has 0 radical (unpaired) electrons. The molecular weight excluding hydrogens is 915 g/mol. The summed E-state index contributed by atoms with van der Waals surface area (Å²) in [4.78, 5) is 2.56. The summed E-state index contributed by atoms with van der Waals surface area (Å²) in [5.74, 6) is 0. The van der Waals surface area contributed by atoms with Gasteiger partial charge >= 0.3 is 0 Å². The Bertz CT molecular complexity index is 4180. The highest BCUT2D eigenvalue weighted by atomic mass is 15.1. The van der Waals surface area contributed by atoms with Crippen LogP contribution in [0, 0.1) is 0 Å². The number of fused-ring (bicyclic) bond motifs is 17. The molecule has 76 heavy (non-hydrogen) atoms. The lowest BCUT2D eigenvalue weighted by Gasteiger charge is -2.35. The van der Waals surface area contributed by atoms with Gasteiger partial charge < -0.3 is 4.90 Å². The summed E-state index contributed by atoms with van der Waals surface area (Å²) < 4.78 is 0. The smallest absolute Gasteiger partial charge is 0.0726 e. The Hall–Kier alpha value is -9.30. The maximum atomic E-state index is 2.56. The van der Waals surface area contributed by atoms with Gasteiger partial charge in [-0.05, 0) is 171 Å². The summed E-state index contributed by atoms with van der Waals surface area (Å²) in [6, 6.07) is 103. The van der Waals surface area contributed by atoms with Crippen molar-refractivity contribution < 1.29 is 0 Å². The Balaban J connectivity index is 0.934. The van der Waals surface area contributed by atoms with Gasteiger partial charge in [-0.2, -0.15) is 0 Å². The van der Waals surface area contributed by atoms with Gasteiger partial charge in [0.15, 0.2) is 0 Å². The number of rotatable bonds is 6. The zero-order valence-corrected chi connectivity index (χ0v) is 42.4. The molecule has 0 fully saturated rings. The zero-order chi connectivity index (χ0) is 50.3. The quantitative estimate of drug-likeness (QED) is 0.161. The van der Waals surface area contributed by atoms with Crippen LogP contribution in [0.2, 0.25) is 0 Å². The van der Waals surface area contributed by atoms with Crippen LogP contribution in [0.3, 0.4) is 0 Å². The van der Waals surface area contributed by atoms with Crippen molar-refractivity contribution >= 4 is 27.8 Å². The fourth-order valence-electron chi connectivity index (χ4n) is 14.7. The Morgan fingerprint density at radius 2 is 0.579 bits per heavy atom. The molecule has 0 aliphatic heterocycles. The van der Waals surface area contributed by atoms with Crippen LogP contribution in [0.4, 0.5) is 17.1 Å². The first-order valence-corrected chi connectivity index (χ1v) is 26.8. The fourth-order valence-corrected chi connectivity index (χ4v) is 14.7. The highest BCUT2D eigenvalue weighted by Crippen LogP contribution is 2.64. The van der Waals surface area contributed by atoms with E-state index in [1.165, 1.54) is 122 Å². The number of anilines is 3. The van der Waals surface area contributed by atoms with Crippen LogP contribution in [0.1, 0.15) is 69.5 Å². The molecule has 1 spiro atoms. The van der Waals surface area contributed by atoms with Crippen molar-refractivity contribution in [2.75, 3.05) is 4.90 Å². The van der Waals surface area contributed by atoms with Gasteiger partial charge in [0.05, 0.1) is 10.8 Å². The lowest BCUT2D eigenvalue weighted by molar-refractivity contribution is 0.660. The molecule has 0 atom stereocenters. The van der Waals surface area contributed by atoms with E-state index < -0.39 is 10.8 Å². The van der Waals surface area contributed by atoms with Gasteiger partial charge in [-0.1, -0.05) is 238 Å². The maximum Gasteiger partial charge on any atom is 0.0726 e. The predicted molar refractivity (Wildman–Crippen MR) is 315 cm³/mol. The molecule has 0 N–H and O–H groups in total. The van der Waals surface area contributed by atoms with Crippen molar-refractivity contribution in [1.82, 2.24) is 0 Å². The lowest BCUT2D eigenvalue weighted by atomic mass is 9.67. The molecule has 12 aromatic rings. The third kappa shape index (κ3) is 5.70. The summed E-state index contributed by atoms with van der Waals surface area (Å²) in [5, 5.41) is 2.52. The molecule has 12 aromatic carbocycles. The van der Waals surface area contributed by atoms with Crippen molar-refractivity contribution in [3.05, 3.63) is 329 Å². The summed E-state index contributed by atoms with van der Waals surface area (Å²) in [5.41, 5.74) is 28.1. The van der Waals surface area contributed by atoms with Crippen LogP contribution in [0.25, 0.3) is 66.4 Å². The molecule has 0 heterocycles. The van der Waals surface area contributed by atoms with Gasteiger partial charge in [-0.3, -0.25) is 0 Å². The molecule has 0 saturated heterocycles. The molecule has 0 aromatic heterocycles. The second-order valence-corrected chi connectivity index (χ2v) is 21.9. The molecule has 0 saturated carbocycles. The SMILES string of the molecule is CC1(C)c2cc(-c3ccc4ccccc4c3)ccc2-c2ccc(N(c3ccc4c(c3)C(c3ccccc3)(c3ccccc3)c3ccccc3-4)c3ccc4c(c3)C3(c5ccccc5-c5ccccc53)c3ccccc3-4)cc21. The molecule has 0 bridgehead atoms. The van der Waals surface area contributed by atoms with E-state index in [1.54, 1.807) is 0 Å². The Morgan fingerprint density at radius 1 is 0.237 bits per heavy atom. The third-order valence-electron chi connectivity index (χ3n) is 17.9. The van der Waals surface area contributed by atoms with E-state index in [4.69, 9.17) is 0 Å².